The molecular formula is C15H22N2O2. The van der Waals surface area contributed by atoms with Gasteiger partial charge < -0.3 is 15.3 Å². The maximum atomic E-state index is 11.3. The van der Waals surface area contributed by atoms with Crippen LogP contribution in [0.15, 0.2) is 24.3 Å². The van der Waals surface area contributed by atoms with E-state index in [9.17, 15) is 9.90 Å². The first-order valence-electron chi connectivity index (χ1n) is 6.82. The number of carbonyl (C=O) groups is 1. The number of carboxylic acids is 1. The summed E-state index contributed by atoms with van der Waals surface area (Å²) >= 11 is 0. The van der Waals surface area contributed by atoms with Gasteiger partial charge in [-0.1, -0.05) is 18.2 Å². The number of carboxylic acid groups (broad SMARTS) is 1. The minimum Gasteiger partial charge on any atom is -0.480 e. The number of nitrogens with zero attached hydrogens (tertiary/aromatic N) is 1. The number of fused-ring (bicyclic) bond motifs is 1. The summed E-state index contributed by atoms with van der Waals surface area (Å²) in [5, 5.41) is 12.2. The van der Waals surface area contributed by atoms with E-state index < -0.39 is 11.5 Å². The highest BCUT2D eigenvalue weighted by Crippen LogP contribution is 2.27. The van der Waals surface area contributed by atoms with Crippen LogP contribution in [-0.4, -0.2) is 36.8 Å². The normalized spacial score (nSPS) is 17.7. The van der Waals surface area contributed by atoms with Crippen LogP contribution in [0.4, 0.5) is 5.69 Å². The van der Waals surface area contributed by atoms with Gasteiger partial charge in [-0.25, -0.2) is 0 Å². The van der Waals surface area contributed by atoms with Crippen LogP contribution in [0.1, 0.15) is 25.3 Å². The van der Waals surface area contributed by atoms with E-state index in [4.69, 9.17) is 0 Å². The molecule has 1 aromatic carbocycles. The summed E-state index contributed by atoms with van der Waals surface area (Å²) in [6.45, 7) is 3.52. The molecule has 0 bridgehead atoms. The number of hydrogen-bond acceptors (Lipinski definition) is 3. The van der Waals surface area contributed by atoms with Crippen LogP contribution in [0.2, 0.25) is 0 Å². The Morgan fingerprint density at radius 2 is 2.21 bits per heavy atom. The van der Waals surface area contributed by atoms with Crippen LogP contribution in [0, 0.1) is 0 Å². The van der Waals surface area contributed by atoms with E-state index in [0.29, 0.717) is 6.42 Å². The van der Waals surface area contributed by atoms with Gasteiger partial charge in [0.1, 0.15) is 5.54 Å². The molecule has 0 radical (unpaired) electrons. The molecule has 0 saturated heterocycles. The van der Waals surface area contributed by atoms with Crippen LogP contribution >= 0.6 is 0 Å². The molecule has 4 nitrogen and oxygen atoms in total. The largest absolute Gasteiger partial charge is 0.480 e. The lowest BCUT2D eigenvalue weighted by molar-refractivity contribution is -0.144. The van der Waals surface area contributed by atoms with Gasteiger partial charge in [0.15, 0.2) is 0 Å². The Morgan fingerprint density at radius 3 is 2.89 bits per heavy atom. The van der Waals surface area contributed by atoms with E-state index in [2.05, 4.69) is 28.4 Å². The molecule has 2 rings (SSSR count). The molecule has 1 aliphatic rings. The Labute approximate surface area is 114 Å². The van der Waals surface area contributed by atoms with Gasteiger partial charge in [0.25, 0.3) is 0 Å². The van der Waals surface area contributed by atoms with Gasteiger partial charge in [-0.05, 0) is 44.9 Å². The topological polar surface area (TPSA) is 52.6 Å². The molecule has 1 aliphatic heterocycles. The van der Waals surface area contributed by atoms with Crippen molar-refractivity contribution in [1.82, 2.24) is 5.32 Å². The van der Waals surface area contributed by atoms with Gasteiger partial charge in [-0.15, -0.1) is 0 Å². The molecule has 1 atom stereocenters. The van der Waals surface area contributed by atoms with Crippen molar-refractivity contribution >= 4 is 11.7 Å². The van der Waals surface area contributed by atoms with Crippen LogP contribution in [0.3, 0.4) is 0 Å². The summed E-state index contributed by atoms with van der Waals surface area (Å²) in [6, 6.07) is 8.41. The molecule has 19 heavy (non-hydrogen) atoms. The first-order valence-corrected chi connectivity index (χ1v) is 6.82. The maximum Gasteiger partial charge on any atom is 0.323 e. The molecule has 2 N–H and O–H groups in total. The third-order valence-electron chi connectivity index (χ3n) is 4.11. The Bertz CT molecular complexity index is 461. The van der Waals surface area contributed by atoms with Gasteiger partial charge in [-0.3, -0.25) is 4.79 Å². The highest BCUT2D eigenvalue weighted by atomic mass is 16.4. The van der Waals surface area contributed by atoms with Gasteiger partial charge in [0.05, 0.1) is 0 Å². The highest BCUT2D eigenvalue weighted by molar-refractivity contribution is 5.78. The number of nitrogens with one attached hydrogen (secondary N) is 1. The Morgan fingerprint density at radius 1 is 1.47 bits per heavy atom. The number of para-hydroxylation sites is 1. The fourth-order valence-electron chi connectivity index (χ4n) is 2.54. The number of anilines is 1. The van der Waals surface area contributed by atoms with Crippen molar-refractivity contribution in [3.63, 3.8) is 0 Å². The highest BCUT2D eigenvalue weighted by Gasteiger charge is 2.31. The van der Waals surface area contributed by atoms with E-state index in [-0.39, 0.29) is 0 Å². The summed E-state index contributed by atoms with van der Waals surface area (Å²) in [5.74, 6) is -0.791. The van der Waals surface area contributed by atoms with Crippen molar-refractivity contribution in [3.8, 4) is 0 Å². The Hall–Kier alpha value is -1.55. The second-order valence-electron chi connectivity index (χ2n) is 5.36. The lowest BCUT2D eigenvalue weighted by Crippen LogP contribution is -2.50. The lowest BCUT2D eigenvalue weighted by Gasteiger charge is -2.34. The summed E-state index contributed by atoms with van der Waals surface area (Å²) in [6.07, 6.45) is 2.85. The van der Waals surface area contributed by atoms with E-state index in [0.717, 1.165) is 25.9 Å². The monoisotopic (exact) mass is 262 g/mol. The predicted molar refractivity (Wildman–Crippen MR) is 76.7 cm³/mol. The summed E-state index contributed by atoms with van der Waals surface area (Å²) < 4.78 is 0. The van der Waals surface area contributed by atoms with Crippen molar-refractivity contribution in [2.75, 3.05) is 25.0 Å². The number of benzene rings is 1. The molecule has 0 spiro atoms. The zero-order chi connectivity index (χ0) is 13.9. The fourth-order valence-corrected chi connectivity index (χ4v) is 2.54. The lowest BCUT2D eigenvalue weighted by atomic mass is 9.96. The second-order valence-corrected chi connectivity index (χ2v) is 5.36. The SMILES string of the molecule is CNC(C)(CCN1CCCc2ccccc21)C(=O)O. The van der Waals surface area contributed by atoms with Crippen molar-refractivity contribution in [1.29, 1.82) is 0 Å². The maximum absolute atomic E-state index is 11.3. The molecule has 1 aromatic rings. The summed E-state index contributed by atoms with van der Waals surface area (Å²) in [5.41, 5.74) is 1.78. The van der Waals surface area contributed by atoms with E-state index >= 15 is 0 Å². The van der Waals surface area contributed by atoms with Crippen molar-refractivity contribution < 1.29 is 9.90 Å². The molecule has 104 valence electrons. The van der Waals surface area contributed by atoms with Gasteiger partial charge in [0, 0.05) is 18.8 Å². The zero-order valence-corrected chi connectivity index (χ0v) is 11.6. The predicted octanol–water partition coefficient (Wildman–Crippen LogP) is 1.89. The van der Waals surface area contributed by atoms with E-state index in [1.807, 2.05) is 6.07 Å². The van der Waals surface area contributed by atoms with Crippen molar-refractivity contribution in [2.24, 2.45) is 0 Å². The number of aliphatic carboxylic acids is 1. The number of hydrogen-bond donors (Lipinski definition) is 2. The average molecular weight is 262 g/mol. The number of aryl methyl sites for hydroxylation is 1. The second kappa shape index (κ2) is 5.61. The third-order valence-corrected chi connectivity index (χ3v) is 4.11. The fraction of sp³-hybridized carbons (Fsp3) is 0.533. The summed E-state index contributed by atoms with van der Waals surface area (Å²) in [4.78, 5) is 13.6. The molecule has 1 unspecified atom stereocenters. The zero-order valence-electron chi connectivity index (χ0n) is 11.6. The molecular weight excluding hydrogens is 240 g/mol. The minimum atomic E-state index is -0.855. The minimum absolute atomic E-state index is 0.590. The standard InChI is InChI=1S/C15H22N2O2/c1-15(16-2,14(18)19)9-11-17-10-5-7-12-6-3-4-8-13(12)17/h3-4,6,8,16H,5,7,9-11H2,1-2H3,(H,18,19). The van der Waals surface area contributed by atoms with Crippen LogP contribution < -0.4 is 10.2 Å². The number of rotatable bonds is 5. The molecule has 0 saturated carbocycles. The Kier molecular flexibility index (Phi) is 4.10. The molecule has 0 fully saturated rings. The van der Waals surface area contributed by atoms with Gasteiger partial charge >= 0.3 is 5.97 Å². The summed E-state index contributed by atoms with van der Waals surface area (Å²) in [7, 11) is 1.71. The van der Waals surface area contributed by atoms with Crippen LogP contribution in [-0.2, 0) is 11.2 Å². The molecule has 0 aromatic heterocycles. The molecule has 4 heteroatoms. The average Bonchev–Trinajstić information content (AvgIpc) is 2.44. The smallest absolute Gasteiger partial charge is 0.323 e. The first-order chi connectivity index (χ1) is 9.07. The van der Waals surface area contributed by atoms with Crippen molar-refractivity contribution in [3.05, 3.63) is 29.8 Å². The molecule has 0 amide bonds. The number of likely N-dealkylation sites (N-methyl/N-ethyl adjacent to an activating group) is 1. The molecule has 1 heterocycles. The third kappa shape index (κ3) is 2.89. The van der Waals surface area contributed by atoms with Crippen LogP contribution in [0.5, 0.6) is 0 Å². The van der Waals surface area contributed by atoms with Gasteiger partial charge in [-0.2, -0.15) is 0 Å². The van der Waals surface area contributed by atoms with E-state index in [1.165, 1.54) is 11.3 Å². The Balaban J connectivity index is 2.07. The quantitative estimate of drug-likeness (QED) is 0.851. The molecule has 0 aliphatic carbocycles. The van der Waals surface area contributed by atoms with Gasteiger partial charge in [0.2, 0.25) is 0 Å². The van der Waals surface area contributed by atoms with Crippen molar-refractivity contribution in [2.45, 2.75) is 31.7 Å². The van der Waals surface area contributed by atoms with E-state index in [1.54, 1.807) is 14.0 Å². The van der Waals surface area contributed by atoms with Crippen LogP contribution in [0.25, 0.3) is 0 Å². The first kappa shape index (κ1) is 13.9.